The van der Waals surface area contributed by atoms with Gasteiger partial charge in [-0.25, -0.2) is 8.42 Å². The van der Waals surface area contributed by atoms with Gasteiger partial charge in [0.2, 0.25) is 5.91 Å². The van der Waals surface area contributed by atoms with E-state index in [0.29, 0.717) is 18.7 Å². The van der Waals surface area contributed by atoms with Crippen molar-refractivity contribution in [3.63, 3.8) is 0 Å². The highest BCUT2D eigenvalue weighted by atomic mass is 32.2. The second-order valence-electron chi connectivity index (χ2n) is 6.26. The van der Waals surface area contributed by atoms with E-state index in [2.05, 4.69) is 17.4 Å². The van der Waals surface area contributed by atoms with Crippen LogP contribution in [0.2, 0.25) is 0 Å². The average Bonchev–Trinajstić information content (AvgIpc) is 3.22. The molecule has 2 fully saturated rings. The lowest BCUT2D eigenvalue weighted by molar-refractivity contribution is -0.118. The molecule has 1 amide bonds. The lowest BCUT2D eigenvalue weighted by Crippen LogP contribution is -2.33. The molecule has 2 aliphatic rings. The highest BCUT2D eigenvalue weighted by Crippen LogP contribution is 2.47. The molecule has 1 aromatic carbocycles. The molecule has 1 saturated carbocycles. The van der Waals surface area contributed by atoms with Gasteiger partial charge in [0, 0.05) is 17.2 Å². The van der Waals surface area contributed by atoms with E-state index in [0.717, 1.165) is 12.8 Å². The van der Waals surface area contributed by atoms with Crippen molar-refractivity contribution < 1.29 is 13.2 Å². The predicted octanol–water partition coefficient (Wildman–Crippen LogP) is 1.75. The first-order valence-electron chi connectivity index (χ1n) is 7.63. The Morgan fingerprint density at radius 2 is 2.00 bits per heavy atom. The van der Waals surface area contributed by atoms with Crippen LogP contribution in [0.15, 0.2) is 30.3 Å². The van der Waals surface area contributed by atoms with Crippen molar-refractivity contribution in [2.24, 2.45) is 0 Å². The molecule has 1 saturated heterocycles. The van der Waals surface area contributed by atoms with Gasteiger partial charge in [-0.3, -0.25) is 4.79 Å². The number of rotatable bonds is 6. The Morgan fingerprint density at radius 1 is 1.27 bits per heavy atom. The van der Waals surface area contributed by atoms with E-state index in [-0.39, 0.29) is 28.1 Å². The summed E-state index contributed by atoms with van der Waals surface area (Å²) in [6, 6.07) is 10.3. The molecule has 0 aromatic heterocycles. The summed E-state index contributed by atoms with van der Waals surface area (Å²) in [4.78, 5) is 12.0. The molecule has 4 nitrogen and oxygen atoms in total. The van der Waals surface area contributed by atoms with E-state index < -0.39 is 9.84 Å². The monoisotopic (exact) mass is 339 g/mol. The smallest absolute Gasteiger partial charge is 0.230 e. The first-order valence-corrected chi connectivity index (χ1v) is 10.5. The zero-order chi connectivity index (χ0) is 15.6. The standard InChI is InChI=1S/C16H21NO3S2/c18-15(10-21-14-6-9-22(19,20)11-14)17-12-16(7-8-16)13-4-2-1-3-5-13/h1-5,14H,6-12H2,(H,17,18)/t14-/m1/s1. The first-order chi connectivity index (χ1) is 10.5. The molecule has 0 radical (unpaired) electrons. The molecule has 120 valence electrons. The quantitative estimate of drug-likeness (QED) is 0.858. The topological polar surface area (TPSA) is 63.2 Å². The van der Waals surface area contributed by atoms with Gasteiger partial charge in [-0.15, -0.1) is 11.8 Å². The number of amides is 1. The van der Waals surface area contributed by atoms with Gasteiger partial charge in [-0.05, 0) is 24.8 Å². The van der Waals surface area contributed by atoms with Crippen molar-refractivity contribution in [2.75, 3.05) is 23.8 Å². The summed E-state index contributed by atoms with van der Waals surface area (Å²) in [7, 11) is -2.86. The minimum atomic E-state index is -2.86. The molecular formula is C16H21NO3S2. The maximum Gasteiger partial charge on any atom is 0.230 e. The lowest BCUT2D eigenvalue weighted by atomic mass is 9.96. The molecule has 0 unspecified atom stereocenters. The summed E-state index contributed by atoms with van der Waals surface area (Å²) in [5, 5.41) is 3.10. The molecule has 1 aromatic rings. The molecule has 0 bridgehead atoms. The van der Waals surface area contributed by atoms with E-state index >= 15 is 0 Å². The fraction of sp³-hybridized carbons (Fsp3) is 0.562. The SMILES string of the molecule is O=C(CS[C@@H]1CCS(=O)(=O)C1)NCC1(c2ccccc2)CC1. The third-order valence-electron chi connectivity index (χ3n) is 4.50. The number of thioether (sulfide) groups is 1. The van der Waals surface area contributed by atoms with E-state index in [1.54, 1.807) is 0 Å². The van der Waals surface area contributed by atoms with Crippen molar-refractivity contribution in [1.82, 2.24) is 5.32 Å². The average molecular weight is 339 g/mol. The van der Waals surface area contributed by atoms with Crippen molar-refractivity contribution in [3.05, 3.63) is 35.9 Å². The molecule has 3 rings (SSSR count). The highest BCUT2D eigenvalue weighted by Gasteiger charge is 2.44. The Morgan fingerprint density at radius 3 is 2.59 bits per heavy atom. The third-order valence-corrected chi connectivity index (χ3v) is 7.79. The molecule has 1 aliphatic heterocycles. The summed E-state index contributed by atoms with van der Waals surface area (Å²) in [5.74, 6) is 0.851. The van der Waals surface area contributed by atoms with Gasteiger partial charge in [0.15, 0.2) is 9.84 Å². The largest absolute Gasteiger partial charge is 0.354 e. The van der Waals surface area contributed by atoms with Crippen molar-refractivity contribution in [1.29, 1.82) is 0 Å². The number of hydrogen-bond donors (Lipinski definition) is 1. The highest BCUT2D eigenvalue weighted by molar-refractivity contribution is 8.02. The molecular weight excluding hydrogens is 318 g/mol. The molecule has 0 spiro atoms. The van der Waals surface area contributed by atoms with Crippen LogP contribution in [0.3, 0.4) is 0 Å². The Hall–Kier alpha value is -1.01. The third kappa shape index (κ3) is 3.84. The molecule has 1 heterocycles. The maximum absolute atomic E-state index is 12.0. The minimum Gasteiger partial charge on any atom is -0.354 e. The van der Waals surface area contributed by atoms with Crippen LogP contribution in [0.1, 0.15) is 24.8 Å². The second kappa shape index (κ2) is 6.24. The van der Waals surface area contributed by atoms with Crippen LogP contribution >= 0.6 is 11.8 Å². The van der Waals surface area contributed by atoms with Crippen LogP contribution < -0.4 is 5.32 Å². The summed E-state index contributed by atoms with van der Waals surface area (Å²) in [5.41, 5.74) is 1.42. The van der Waals surface area contributed by atoms with Gasteiger partial charge >= 0.3 is 0 Å². The Balaban J connectivity index is 1.43. The second-order valence-corrected chi connectivity index (χ2v) is 9.78. The molecule has 1 atom stereocenters. The minimum absolute atomic E-state index is 0.0107. The number of carbonyl (C=O) groups is 1. The molecule has 22 heavy (non-hydrogen) atoms. The van der Waals surface area contributed by atoms with Gasteiger partial charge in [0.25, 0.3) is 0 Å². The normalized spacial score (nSPS) is 24.8. The van der Waals surface area contributed by atoms with Gasteiger partial charge in [-0.1, -0.05) is 30.3 Å². The number of hydrogen-bond acceptors (Lipinski definition) is 4. The van der Waals surface area contributed by atoms with Crippen LogP contribution in [0.4, 0.5) is 0 Å². The van der Waals surface area contributed by atoms with Gasteiger partial charge in [0.05, 0.1) is 17.3 Å². The molecule has 1 aliphatic carbocycles. The van der Waals surface area contributed by atoms with Gasteiger partial charge < -0.3 is 5.32 Å². The zero-order valence-corrected chi connectivity index (χ0v) is 14.1. The van der Waals surface area contributed by atoms with Crippen LogP contribution in [0, 0.1) is 0 Å². The van der Waals surface area contributed by atoms with Crippen molar-refractivity contribution in [2.45, 2.75) is 29.9 Å². The predicted molar refractivity (Wildman–Crippen MR) is 89.9 cm³/mol. The Labute approximate surface area is 136 Å². The fourth-order valence-corrected chi connectivity index (χ4v) is 6.39. The summed E-state index contributed by atoms with van der Waals surface area (Å²) in [6.45, 7) is 0.680. The summed E-state index contributed by atoms with van der Waals surface area (Å²) in [6.07, 6.45) is 2.91. The van der Waals surface area contributed by atoms with E-state index in [4.69, 9.17) is 0 Å². The summed E-state index contributed by atoms with van der Waals surface area (Å²) >= 11 is 1.47. The van der Waals surface area contributed by atoms with Crippen LogP contribution in [-0.2, 0) is 20.0 Å². The van der Waals surface area contributed by atoms with E-state index in [1.165, 1.54) is 17.3 Å². The van der Waals surface area contributed by atoms with Crippen LogP contribution in [-0.4, -0.2) is 43.4 Å². The molecule has 6 heteroatoms. The van der Waals surface area contributed by atoms with Crippen molar-refractivity contribution >= 4 is 27.5 Å². The maximum atomic E-state index is 12.0. The Bertz CT molecular complexity index is 639. The number of carbonyl (C=O) groups excluding carboxylic acids is 1. The van der Waals surface area contributed by atoms with Crippen LogP contribution in [0.25, 0.3) is 0 Å². The lowest BCUT2D eigenvalue weighted by Gasteiger charge is -2.17. The van der Waals surface area contributed by atoms with E-state index in [9.17, 15) is 13.2 Å². The molecule has 1 N–H and O–H groups in total. The van der Waals surface area contributed by atoms with Crippen molar-refractivity contribution in [3.8, 4) is 0 Å². The van der Waals surface area contributed by atoms with Gasteiger partial charge in [0.1, 0.15) is 0 Å². The summed E-state index contributed by atoms with van der Waals surface area (Å²) < 4.78 is 22.8. The number of sulfone groups is 1. The number of nitrogens with one attached hydrogen (secondary N) is 1. The van der Waals surface area contributed by atoms with Crippen LogP contribution in [0.5, 0.6) is 0 Å². The Kier molecular flexibility index (Phi) is 4.50. The number of benzene rings is 1. The van der Waals surface area contributed by atoms with Gasteiger partial charge in [-0.2, -0.15) is 0 Å². The first kappa shape index (κ1) is 15.9. The fourth-order valence-electron chi connectivity index (χ4n) is 2.91. The van der Waals surface area contributed by atoms with E-state index in [1.807, 2.05) is 18.2 Å². The zero-order valence-electron chi connectivity index (χ0n) is 12.5.